The third-order valence-corrected chi connectivity index (χ3v) is 3.89. The molecule has 102 valence electrons. The van der Waals surface area contributed by atoms with Crippen molar-refractivity contribution < 1.29 is 9.90 Å². The predicted molar refractivity (Wildman–Crippen MR) is 78.7 cm³/mol. The Morgan fingerprint density at radius 1 is 1.05 bits per heavy atom. The van der Waals surface area contributed by atoms with Crippen molar-refractivity contribution in [3.05, 3.63) is 60.2 Å². The molecule has 2 atom stereocenters. The van der Waals surface area contributed by atoms with Gasteiger partial charge in [0.05, 0.1) is 0 Å². The maximum atomic E-state index is 11.0. The molecule has 0 unspecified atom stereocenters. The van der Waals surface area contributed by atoms with Crippen molar-refractivity contribution >= 4 is 5.97 Å². The van der Waals surface area contributed by atoms with Gasteiger partial charge in [0, 0.05) is 6.54 Å². The number of aliphatic carboxylic acids is 1. The summed E-state index contributed by atoms with van der Waals surface area (Å²) < 4.78 is 0. The zero-order valence-electron chi connectivity index (χ0n) is 11.1. The minimum Gasteiger partial charge on any atom is -0.480 e. The van der Waals surface area contributed by atoms with Crippen molar-refractivity contribution in [2.75, 3.05) is 6.54 Å². The summed E-state index contributed by atoms with van der Waals surface area (Å²) in [7, 11) is 0. The van der Waals surface area contributed by atoms with Crippen LogP contribution in [0.2, 0.25) is 0 Å². The molecule has 1 saturated heterocycles. The Morgan fingerprint density at radius 2 is 1.80 bits per heavy atom. The molecule has 2 N–H and O–H groups in total. The van der Waals surface area contributed by atoms with E-state index in [0.717, 1.165) is 6.54 Å². The van der Waals surface area contributed by atoms with Gasteiger partial charge in [-0.05, 0) is 29.0 Å². The van der Waals surface area contributed by atoms with E-state index < -0.39 is 12.0 Å². The molecule has 0 amide bonds. The maximum Gasteiger partial charge on any atom is 0.320 e. The second kappa shape index (κ2) is 5.47. The molecule has 1 aliphatic heterocycles. The summed E-state index contributed by atoms with van der Waals surface area (Å²) in [6, 6.07) is 18.2. The van der Waals surface area contributed by atoms with Gasteiger partial charge in [-0.15, -0.1) is 0 Å². The minimum absolute atomic E-state index is 0.278. The molecule has 1 fully saturated rings. The topological polar surface area (TPSA) is 49.3 Å². The molecular weight excluding hydrogens is 250 g/mol. The fraction of sp³-hybridized carbons (Fsp3) is 0.235. The van der Waals surface area contributed by atoms with Crippen LogP contribution >= 0.6 is 0 Å². The zero-order valence-corrected chi connectivity index (χ0v) is 11.1. The molecule has 3 nitrogen and oxygen atoms in total. The molecular formula is C17H17NO2. The van der Waals surface area contributed by atoms with Gasteiger partial charge in [-0.25, -0.2) is 0 Å². The van der Waals surface area contributed by atoms with Gasteiger partial charge >= 0.3 is 5.97 Å². The van der Waals surface area contributed by atoms with Crippen LogP contribution in [0.1, 0.15) is 17.9 Å². The summed E-state index contributed by atoms with van der Waals surface area (Å²) in [5.74, 6) is -0.480. The minimum atomic E-state index is -0.758. The Hall–Kier alpha value is -2.13. The summed E-state index contributed by atoms with van der Waals surface area (Å²) in [5, 5.41) is 12.1. The van der Waals surface area contributed by atoms with Crippen molar-refractivity contribution in [1.29, 1.82) is 0 Å². The molecule has 0 bridgehead atoms. The lowest BCUT2D eigenvalue weighted by molar-refractivity contribution is -0.139. The lowest BCUT2D eigenvalue weighted by Crippen LogP contribution is -2.29. The molecule has 2 aromatic carbocycles. The first kappa shape index (κ1) is 12.9. The molecule has 2 aromatic rings. The van der Waals surface area contributed by atoms with Crippen LogP contribution in [0.3, 0.4) is 0 Å². The van der Waals surface area contributed by atoms with Crippen molar-refractivity contribution in [2.24, 2.45) is 0 Å². The van der Waals surface area contributed by atoms with Crippen molar-refractivity contribution in [3.63, 3.8) is 0 Å². The van der Waals surface area contributed by atoms with E-state index in [1.807, 2.05) is 24.3 Å². The fourth-order valence-electron chi connectivity index (χ4n) is 2.78. The van der Waals surface area contributed by atoms with Crippen molar-refractivity contribution in [2.45, 2.75) is 18.4 Å². The van der Waals surface area contributed by atoms with E-state index in [4.69, 9.17) is 5.11 Å². The third-order valence-electron chi connectivity index (χ3n) is 3.89. The van der Waals surface area contributed by atoms with Gasteiger partial charge in [-0.2, -0.15) is 0 Å². The number of carboxylic acids is 1. The van der Waals surface area contributed by atoms with Crippen LogP contribution in [-0.4, -0.2) is 23.7 Å². The molecule has 1 heterocycles. The van der Waals surface area contributed by atoms with E-state index in [1.165, 1.54) is 16.7 Å². The Kier molecular flexibility index (Phi) is 3.52. The number of carboxylic acid groups (broad SMARTS) is 1. The molecule has 0 aliphatic carbocycles. The van der Waals surface area contributed by atoms with E-state index >= 15 is 0 Å². The van der Waals surface area contributed by atoms with E-state index in [1.54, 1.807) is 0 Å². The average Bonchev–Trinajstić information content (AvgIpc) is 2.98. The van der Waals surface area contributed by atoms with Crippen LogP contribution in [0.25, 0.3) is 11.1 Å². The monoisotopic (exact) mass is 267 g/mol. The zero-order chi connectivity index (χ0) is 13.9. The molecule has 0 aromatic heterocycles. The highest BCUT2D eigenvalue weighted by Gasteiger charge is 2.29. The molecule has 0 saturated carbocycles. The second-order valence-electron chi connectivity index (χ2n) is 5.22. The highest BCUT2D eigenvalue weighted by molar-refractivity contribution is 5.74. The van der Waals surface area contributed by atoms with E-state index in [9.17, 15) is 4.79 Å². The van der Waals surface area contributed by atoms with E-state index in [2.05, 4.69) is 35.6 Å². The van der Waals surface area contributed by atoms with Crippen molar-refractivity contribution in [3.8, 4) is 11.1 Å². The van der Waals surface area contributed by atoms with Crippen LogP contribution in [0.5, 0.6) is 0 Å². The van der Waals surface area contributed by atoms with Crippen LogP contribution in [-0.2, 0) is 4.79 Å². The lowest BCUT2D eigenvalue weighted by Gasteiger charge is -2.11. The molecule has 20 heavy (non-hydrogen) atoms. The number of nitrogens with one attached hydrogen (secondary N) is 1. The summed E-state index contributed by atoms with van der Waals surface area (Å²) in [6.45, 7) is 0.731. The first-order valence-electron chi connectivity index (χ1n) is 6.85. The smallest absolute Gasteiger partial charge is 0.320 e. The standard InChI is InChI=1S/C17H17NO2/c19-17(20)16-10-15(11-18-16)14-8-4-7-13(9-14)12-5-2-1-3-6-12/h1-9,15-16,18H,10-11H2,(H,19,20)/t15-,16+/m0/s1. The SMILES string of the molecule is O=C(O)[C@H]1C[C@H](c2cccc(-c3ccccc3)c2)CN1. The normalized spacial score (nSPS) is 21.8. The van der Waals surface area contributed by atoms with E-state index in [0.29, 0.717) is 6.42 Å². The summed E-state index contributed by atoms with van der Waals surface area (Å²) in [4.78, 5) is 11.0. The predicted octanol–water partition coefficient (Wildman–Crippen LogP) is 2.88. The summed E-state index contributed by atoms with van der Waals surface area (Å²) >= 11 is 0. The highest BCUT2D eigenvalue weighted by Crippen LogP contribution is 2.29. The molecule has 0 radical (unpaired) electrons. The van der Waals surface area contributed by atoms with Gasteiger partial charge < -0.3 is 10.4 Å². The number of carbonyl (C=O) groups is 1. The number of benzene rings is 2. The Balaban J connectivity index is 1.84. The molecule has 0 spiro atoms. The summed E-state index contributed by atoms with van der Waals surface area (Å²) in [6.07, 6.45) is 0.660. The Bertz CT molecular complexity index is 609. The van der Waals surface area contributed by atoms with Crippen LogP contribution in [0, 0.1) is 0 Å². The molecule has 1 aliphatic rings. The van der Waals surface area contributed by atoms with Gasteiger partial charge in [-0.1, -0.05) is 54.6 Å². The summed E-state index contributed by atoms with van der Waals surface area (Å²) in [5.41, 5.74) is 3.58. The quantitative estimate of drug-likeness (QED) is 0.899. The molecule has 3 rings (SSSR count). The lowest BCUT2D eigenvalue weighted by atomic mass is 9.93. The van der Waals surface area contributed by atoms with Gasteiger partial charge in [0.15, 0.2) is 0 Å². The van der Waals surface area contributed by atoms with Gasteiger partial charge in [-0.3, -0.25) is 4.79 Å². The van der Waals surface area contributed by atoms with Crippen LogP contribution in [0.4, 0.5) is 0 Å². The third kappa shape index (κ3) is 2.58. The van der Waals surface area contributed by atoms with Crippen molar-refractivity contribution in [1.82, 2.24) is 5.32 Å². The fourth-order valence-corrected chi connectivity index (χ4v) is 2.78. The Morgan fingerprint density at radius 3 is 2.50 bits per heavy atom. The Labute approximate surface area is 118 Å². The second-order valence-corrected chi connectivity index (χ2v) is 5.22. The number of rotatable bonds is 3. The highest BCUT2D eigenvalue weighted by atomic mass is 16.4. The van der Waals surface area contributed by atoms with Crippen LogP contribution in [0.15, 0.2) is 54.6 Å². The van der Waals surface area contributed by atoms with Gasteiger partial charge in [0.2, 0.25) is 0 Å². The number of hydrogen-bond acceptors (Lipinski definition) is 2. The van der Waals surface area contributed by atoms with Gasteiger partial charge in [0.1, 0.15) is 6.04 Å². The van der Waals surface area contributed by atoms with Gasteiger partial charge in [0.25, 0.3) is 0 Å². The first-order valence-corrected chi connectivity index (χ1v) is 6.85. The average molecular weight is 267 g/mol. The largest absolute Gasteiger partial charge is 0.480 e. The molecule has 3 heteroatoms. The van der Waals surface area contributed by atoms with E-state index in [-0.39, 0.29) is 5.92 Å². The van der Waals surface area contributed by atoms with Crippen LogP contribution < -0.4 is 5.32 Å². The number of hydrogen-bond donors (Lipinski definition) is 2. The first-order chi connectivity index (χ1) is 9.74. The maximum absolute atomic E-state index is 11.0.